The van der Waals surface area contributed by atoms with Crippen LogP contribution in [-0.2, 0) is 20.0 Å². The number of benzene rings is 2. The monoisotopic (exact) mass is 495 g/mol. The average Bonchev–Trinajstić information content (AvgIpc) is 3.03. The fourth-order valence-electron chi connectivity index (χ4n) is 3.29. The van der Waals surface area contributed by atoms with Crippen molar-refractivity contribution >= 4 is 31.6 Å². The number of anilines is 1. The highest BCUT2D eigenvalue weighted by atomic mass is 32.2. The zero-order chi connectivity index (χ0) is 23.9. The van der Waals surface area contributed by atoms with Crippen molar-refractivity contribution in [2.75, 3.05) is 24.5 Å². The molecule has 11 heteroatoms. The van der Waals surface area contributed by atoms with Crippen molar-refractivity contribution in [3.05, 3.63) is 42.5 Å². The second kappa shape index (κ2) is 10.9. The zero-order valence-electron chi connectivity index (χ0n) is 18.7. The number of hydrogen-bond donors (Lipinski definition) is 2. The quantitative estimate of drug-likeness (QED) is 0.549. The van der Waals surface area contributed by atoms with E-state index in [0.29, 0.717) is 43.5 Å². The average molecular weight is 496 g/mol. The van der Waals surface area contributed by atoms with E-state index >= 15 is 0 Å². The lowest BCUT2D eigenvalue weighted by atomic mass is 10.2. The van der Waals surface area contributed by atoms with Crippen LogP contribution in [-0.4, -0.2) is 42.4 Å². The van der Waals surface area contributed by atoms with Gasteiger partial charge in [0, 0.05) is 24.7 Å². The van der Waals surface area contributed by atoms with E-state index in [1.165, 1.54) is 36.4 Å². The van der Waals surface area contributed by atoms with Crippen LogP contribution < -0.4 is 18.9 Å². The second-order valence-electron chi connectivity index (χ2n) is 7.35. The van der Waals surface area contributed by atoms with Crippen molar-refractivity contribution in [3.8, 4) is 11.5 Å². The van der Waals surface area contributed by atoms with Gasteiger partial charge >= 0.3 is 0 Å². The van der Waals surface area contributed by atoms with Crippen LogP contribution in [0.3, 0.4) is 0 Å². The maximum atomic E-state index is 12.9. The van der Waals surface area contributed by atoms with Crippen LogP contribution in [0, 0.1) is 0 Å². The molecule has 9 nitrogen and oxygen atoms in total. The van der Waals surface area contributed by atoms with Gasteiger partial charge in [-0.2, -0.15) is 0 Å². The van der Waals surface area contributed by atoms with Crippen molar-refractivity contribution < 1.29 is 26.3 Å². The normalized spacial score (nSPS) is 14.7. The minimum atomic E-state index is -3.93. The Morgan fingerprint density at radius 2 is 1.42 bits per heavy atom. The molecule has 2 aromatic carbocycles. The molecule has 0 fully saturated rings. The Labute approximate surface area is 195 Å². The molecule has 0 aliphatic carbocycles. The van der Waals surface area contributed by atoms with Crippen molar-refractivity contribution in [1.82, 2.24) is 4.72 Å². The molecule has 0 saturated carbocycles. The summed E-state index contributed by atoms with van der Waals surface area (Å²) in [5.74, 6) is 1.24. The maximum Gasteiger partial charge on any atom is 0.262 e. The summed E-state index contributed by atoms with van der Waals surface area (Å²) in [6, 6.07) is 9.86. The highest BCUT2D eigenvalue weighted by Gasteiger charge is 2.20. The van der Waals surface area contributed by atoms with Crippen LogP contribution in [0.4, 0.5) is 5.69 Å². The predicted molar refractivity (Wildman–Crippen MR) is 127 cm³/mol. The van der Waals surface area contributed by atoms with Crippen molar-refractivity contribution in [2.24, 2.45) is 4.99 Å². The molecule has 0 amide bonds. The smallest absolute Gasteiger partial charge is 0.262 e. The lowest BCUT2D eigenvalue weighted by Crippen LogP contribution is -2.30. The number of hydrogen-bond acceptors (Lipinski definition) is 7. The Kier molecular flexibility index (Phi) is 8.20. The molecule has 0 aromatic heterocycles. The second-order valence-corrected chi connectivity index (χ2v) is 10.7. The van der Waals surface area contributed by atoms with Gasteiger partial charge in [-0.25, -0.2) is 16.8 Å². The SMILES string of the molecule is CCOc1ccc(S(=O)(=O)Nc2ccc(S(=O)(=O)NC3=NCCCCC3)cc2)cc1OCC. The van der Waals surface area contributed by atoms with E-state index in [1.54, 1.807) is 13.0 Å². The Hall–Kier alpha value is -2.79. The number of ether oxygens (including phenoxy) is 2. The Bertz CT molecular complexity index is 1190. The predicted octanol–water partition coefficient (Wildman–Crippen LogP) is 3.54. The van der Waals surface area contributed by atoms with E-state index in [0.717, 1.165) is 19.3 Å². The van der Waals surface area contributed by atoms with Crippen LogP contribution in [0.25, 0.3) is 0 Å². The zero-order valence-corrected chi connectivity index (χ0v) is 20.3. The maximum absolute atomic E-state index is 12.9. The first-order valence-electron chi connectivity index (χ1n) is 10.8. The van der Waals surface area contributed by atoms with E-state index in [1.807, 2.05) is 6.92 Å². The van der Waals surface area contributed by atoms with Gasteiger partial charge in [-0.05, 0) is 63.1 Å². The van der Waals surface area contributed by atoms with E-state index in [2.05, 4.69) is 14.4 Å². The minimum absolute atomic E-state index is 0.000794. The van der Waals surface area contributed by atoms with Crippen molar-refractivity contribution in [2.45, 2.75) is 49.3 Å². The van der Waals surface area contributed by atoms with Crippen molar-refractivity contribution in [1.29, 1.82) is 0 Å². The number of aliphatic imine (C=N–C) groups is 1. The third-order valence-corrected chi connectivity index (χ3v) is 7.64. The number of nitrogens with one attached hydrogen (secondary N) is 2. The van der Waals surface area contributed by atoms with Crippen molar-refractivity contribution in [3.63, 3.8) is 0 Å². The summed E-state index contributed by atoms with van der Waals surface area (Å²) in [5.41, 5.74) is 0.229. The molecule has 0 spiro atoms. The van der Waals surface area contributed by atoms with E-state index < -0.39 is 20.0 Å². The molecule has 0 atom stereocenters. The molecule has 0 saturated heterocycles. The molecule has 1 aliphatic heterocycles. The van der Waals surface area contributed by atoms with Gasteiger partial charge in [0.05, 0.1) is 23.0 Å². The molecular weight excluding hydrogens is 466 g/mol. The third kappa shape index (κ3) is 6.61. The van der Waals surface area contributed by atoms with Gasteiger partial charge in [0.2, 0.25) is 0 Å². The molecule has 3 rings (SSSR count). The molecule has 0 bridgehead atoms. The van der Waals surface area contributed by atoms with Gasteiger partial charge < -0.3 is 9.47 Å². The summed E-state index contributed by atoms with van der Waals surface area (Å²) >= 11 is 0. The van der Waals surface area contributed by atoms with Gasteiger partial charge in [-0.3, -0.25) is 14.4 Å². The summed E-state index contributed by atoms with van der Waals surface area (Å²) < 4.78 is 67.0. The number of amidine groups is 1. The molecule has 2 aromatic rings. The highest BCUT2D eigenvalue weighted by Crippen LogP contribution is 2.31. The van der Waals surface area contributed by atoms with Gasteiger partial charge in [-0.1, -0.05) is 6.42 Å². The molecule has 1 aliphatic rings. The molecule has 1 heterocycles. The number of rotatable bonds is 9. The van der Waals surface area contributed by atoms with Crippen LogP contribution in [0.2, 0.25) is 0 Å². The Balaban J connectivity index is 1.76. The Morgan fingerprint density at radius 1 is 0.788 bits per heavy atom. The van der Waals surface area contributed by atoms with E-state index in [-0.39, 0.29) is 15.5 Å². The van der Waals surface area contributed by atoms with Gasteiger partial charge in [0.1, 0.15) is 5.84 Å². The lowest BCUT2D eigenvalue weighted by molar-refractivity contribution is 0.287. The minimum Gasteiger partial charge on any atom is -0.490 e. The fraction of sp³-hybridized carbons (Fsp3) is 0.409. The molecule has 2 N–H and O–H groups in total. The van der Waals surface area contributed by atoms with Gasteiger partial charge in [0.15, 0.2) is 11.5 Å². The molecule has 0 radical (unpaired) electrons. The van der Waals surface area contributed by atoms with Crippen LogP contribution in [0.15, 0.2) is 57.2 Å². The van der Waals surface area contributed by atoms with Crippen LogP contribution >= 0.6 is 0 Å². The first-order valence-corrected chi connectivity index (χ1v) is 13.8. The summed E-state index contributed by atoms with van der Waals surface area (Å²) in [6.45, 7) is 5.00. The Morgan fingerprint density at radius 3 is 2.12 bits per heavy atom. The topological polar surface area (TPSA) is 123 Å². The van der Waals surface area contributed by atoms with Gasteiger partial charge in [0.25, 0.3) is 20.0 Å². The summed E-state index contributed by atoms with van der Waals surface area (Å²) in [7, 11) is -7.73. The lowest BCUT2D eigenvalue weighted by Gasteiger charge is -2.14. The molecule has 33 heavy (non-hydrogen) atoms. The fourth-order valence-corrected chi connectivity index (χ4v) is 5.45. The van der Waals surface area contributed by atoms with Crippen LogP contribution in [0.1, 0.15) is 39.5 Å². The van der Waals surface area contributed by atoms with E-state index in [4.69, 9.17) is 9.47 Å². The summed E-state index contributed by atoms with van der Waals surface area (Å²) in [5, 5.41) is 0. The largest absolute Gasteiger partial charge is 0.490 e. The number of sulfonamides is 2. The third-order valence-electron chi connectivity index (χ3n) is 4.87. The number of nitrogens with zero attached hydrogens (tertiary/aromatic N) is 1. The molecule has 0 unspecified atom stereocenters. The van der Waals surface area contributed by atoms with E-state index in [9.17, 15) is 16.8 Å². The standard InChI is InChI=1S/C22H29N3O6S2/c1-3-30-20-14-13-19(16-21(20)31-4-2)33(28,29)24-17-9-11-18(12-10-17)32(26,27)25-22-8-6-5-7-15-23-22/h9-14,16,24H,3-8,15H2,1-2H3,(H,23,25). The van der Waals surface area contributed by atoms with Gasteiger partial charge in [-0.15, -0.1) is 0 Å². The molecular formula is C22H29N3O6S2. The summed E-state index contributed by atoms with van der Waals surface area (Å²) in [4.78, 5) is 4.31. The first-order chi connectivity index (χ1) is 15.7. The first kappa shape index (κ1) is 24.8. The molecule has 180 valence electrons. The van der Waals surface area contributed by atoms with Crippen LogP contribution in [0.5, 0.6) is 11.5 Å². The summed E-state index contributed by atoms with van der Waals surface area (Å²) in [6.07, 6.45) is 3.44. The highest BCUT2D eigenvalue weighted by molar-refractivity contribution is 7.92.